The van der Waals surface area contributed by atoms with Crippen LogP contribution in [0.25, 0.3) is 34.5 Å². The molecule has 0 radical (unpaired) electrons. The highest BCUT2D eigenvalue weighted by Crippen LogP contribution is 2.39. The second kappa shape index (κ2) is 24.2. The van der Waals surface area contributed by atoms with Gasteiger partial charge < -0.3 is 47.8 Å². The molecule has 2 amide bonds. The maximum absolute atomic E-state index is 14.1. The number of benzene rings is 2. The first-order chi connectivity index (χ1) is 39.2. The summed E-state index contributed by atoms with van der Waals surface area (Å²) in [4.78, 5) is 35.5. The van der Waals surface area contributed by atoms with Gasteiger partial charge >= 0.3 is 0 Å². The van der Waals surface area contributed by atoms with Gasteiger partial charge in [0.05, 0.1) is 125 Å². The fourth-order valence-electron chi connectivity index (χ4n) is 9.51. The van der Waals surface area contributed by atoms with Crippen molar-refractivity contribution in [1.82, 2.24) is 39.5 Å². The molecule has 82 heavy (non-hydrogen) atoms. The molecular formula is C54H56F2N10O14S2. The second-order valence-electron chi connectivity index (χ2n) is 19.1. The average molecular weight is 1170 g/mol. The van der Waals surface area contributed by atoms with Crippen LogP contribution in [-0.4, -0.2) is 143 Å². The van der Waals surface area contributed by atoms with Crippen molar-refractivity contribution in [3.63, 3.8) is 0 Å². The number of nitrogens with zero attached hydrogens (tertiary/aromatic N) is 10. The Morgan fingerprint density at radius 3 is 1.26 bits per heavy atom. The molecule has 0 bridgehead atoms. The van der Waals surface area contributed by atoms with Crippen LogP contribution in [0.2, 0.25) is 0 Å². The van der Waals surface area contributed by atoms with E-state index in [1.54, 1.807) is 60.7 Å². The number of halogens is 2. The Labute approximate surface area is 468 Å². The monoisotopic (exact) mass is 1170 g/mol. The van der Waals surface area contributed by atoms with Crippen molar-refractivity contribution in [1.29, 1.82) is 0 Å². The summed E-state index contributed by atoms with van der Waals surface area (Å²) in [5.74, 6) is -0.319. The van der Waals surface area contributed by atoms with Crippen molar-refractivity contribution >= 4 is 42.9 Å². The predicted molar refractivity (Wildman–Crippen MR) is 290 cm³/mol. The zero-order valence-electron chi connectivity index (χ0n) is 45.0. The van der Waals surface area contributed by atoms with E-state index in [4.69, 9.17) is 27.8 Å². The fourth-order valence-corrected chi connectivity index (χ4v) is 12.0. The number of rotatable bonds is 20. The van der Waals surface area contributed by atoms with Crippen LogP contribution in [0.3, 0.4) is 0 Å². The molecule has 24 nitrogen and oxygen atoms in total. The highest BCUT2D eigenvalue weighted by Gasteiger charge is 2.36. The minimum absolute atomic E-state index is 0.0303. The Kier molecular flexibility index (Phi) is 17.2. The first-order valence-electron chi connectivity index (χ1n) is 25.3. The summed E-state index contributed by atoms with van der Waals surface area (Å²) >= 11 is 0. The van der Waals surface area contributed by atoms with Crippen molar-refractivity contribution in [3.05, 3.63) is 132 Å². The third kappa shape index (κ3) is 12.0. The molecule has 2 saturated heterocycles. The number of amides is 2. The third-order valence-corrected chi connectivity index (χ3v) is 17.8. The van der Waals surface area contributed by atoms with Crippen LogP contribution in [0, 0.1) is 11.6 Å². The van der Waals surface area contributed by atoms with E-state index in [1.807, 2.05) is 0 Å². The molecule has 2 aromatic carbocycles. The fraction of sp³-hybridized carbons (Fsp3) is 0.333. The molecule has 432 valence electrons. The number of aliphatic hydroxyl groups excluding tert-OH is 2. The Morgan fingerprint density at radius 1 is 0.585 bits per heavy atom. The molecule has 2 N–H and O–H groups in total. The third-order valence-electron chi connectivity index (χ3n) is 13.7. The molecule has 10 rings (SSSR count). The highest BCUT2D eigenvalue weighted by molar-refractivity contribution is 7.91. The Bertz CT molecular complexity index is 3550. The lowest BCUT2D eigenvalue weighted by Gasteiger charge is -2.21. The summed E-state index contributed by atoms with van der Waals surface area (Å²) in [6, 6.07) is 19.2. The normalized spacial score (nSPS) is 16.3. The summed E-state index contributed by atoms with van der Waals surface area (Å²) in [5, 5.41) is 34.7. The van der Waals surface area contributed by atoms with Gasteiger partial charge in [-0.25, -0.2) is 25.6 Å². The lowest BCUT2D eigenvalue weighted by Crippen LogP contribution is -2.29. The van der Waals surface area contributed by atoms with E-state index in [2.05, 4.69) is 30.4 Å². The van der Waals surface area contributed by atoms with Gasteiger partial charge in [-0.05, 0) is 62.4 Å². The first-order valence-corrected chi connectivity index (χ1v) is 28.8. The molecule has 0 aliphatic carbocycles. The number of carbonyl (C=O) groups is 2. The van der Waals surface area contributed by atoms with E-state index in [9.17, 15) is 45.4 Å². The number of pyridine rings is 2. The maximum atomic E-state index is 14.1. The molecule has 8 aromatic rings. The van der Waals surface area contributed by atoms with Gasteiger partial charge in [-0.15, -0.1) is 20.4 Å². The minimum atomic E-state index is -3.93. The number of hydrogen-bond acceptors (Lipinski definition) is 20. The van der Waals surface area contributed by atoms with Crippen LogP contribution in [0.15, 0.2) is 107 Å². The van der Waals surface area contributed by atoms with Crippen molar-refractivity contribution in [2.75, 3.05) is 51.3 Å². The lowest BCUT2D eigenvalue weighted by molar-refractivity contribution is -0.118. The molecule has 2 aliphatic heterocycles. The maximum Gasteiger partial charge on any atom is 0.229 e. The van der Waals surface area contributed by atoms with E-state index in [1.165, 1.54) is 73.7 Å². The van der Waals surface area contributed by atoms with Crippen LogP contribution >= 0.6 is 0 Å². The van der Waals surface area contributed by atoms with Gasteiger partial charge in [0.1, 0.15) is 57.5 Å². The molecule has 8 heterocycles. The van der Waals surface area contributed by atoms with E-state index >= 15 is 0 Å². The second-order valence-corrected chi connectivity index (χ2v) is 24.0. The van der Waals surface area contributed by atoms with Crippen LogP contribution < -0.4 is 28.7 Å². The number of aliphatic hydroxyl groups is 2. The quantitative estimate of drug-likeness (QED) is 0.0959. The number of furan rings is 2. The molecule has 4 atom stereocenters. The van der Waals surface area contributed by atoms with E-state index in [0.717, 1.165) is 24.5 Å². The highest BCUT2D eigenvalue weighted by atomic mass is 32.2. The van der Waals surface area contributed by atoms with Crippen LogP contribution in [-0.2, 0) is 53.6 Å². The van der Waals surface area contributed by atoms with Crippen molar-refractivity contribution in [3.8, 4) is 57.5 Å². The first kappa shape index (κ1) is 58.1. The van der Waals surface area contributed by atoms with Crippen LogP contribution in [0.4, 0.5) is 20.2 Å². The van der Waals surface area contributed by atoms with E-state index < -0.39 is 77.3 Å². The molecule has 0 saturated carbocycles. The molecule has 0 unspecified atom stereocenters. The summed E-state index contributed by atoms with van der Waals surface area (Å²) in [6.45, 7) is 2.94. The van der Waals surface area contributed by atoms with Crippen molar-refractivity contribution in [2.24, 2.45) is 0 Å². The Balaban J connectivity index is 0.000000198. The van der Waals surface area contributed by atoms with Gasteiger partial charge in [0.15, 0.2) is 42.8 Å². The minimum Gasteiger partial charge on any atom is -0.494 e. The zero-order valence-corrected chi connectivity index (χ0v) is 46.7. The number of carbonyl (C=O) groups excluding carboxylic acids is 2. The van der Waals surface area contributed by atoms with E-state index in [0.29, 0.717) is 45.9 Å². The van der Waals surface area contributed by atoms with Crippen molar-refractivity contribution < 1.29 is 73.2 Å². The largest absolute Gasteiger partial charge is 0.494 e. The number of methoxy groups -OCH3 is 4. The Morgan fingerprint density at radius 2 is 0.951 bits per heavy atom. The molecule has 6 aromatic heterocycles. The predicted octanol–water partition coefficient (Wildman–Crippen LogP) is 5.44. The summed E-state index contributed by atoms with van der Waals surface area (Å²) < 4.78 is 119. The Hall–Kier alpha value is -8.60. The number of sulfone groups is 2. The smallest absolute Gasteiger partial charge is 0.229 e. The molecule has 2 aliphatic rings. The standard InChI is InChI=1S/2C27H28FN5O7S/c2*1-16(10-19-20(11-17(28)13-29-19)32-14-18(34)12-25(32)35)41(36,37)15-24-30-31-27(23-8-5-9-40-23)33(24)26-21(38-2)6-4-7-22(26)39-3/h2*4-9,11,13,16,18,34H,10,12,14-15H2,1-3H3/t16-,18+;16-,18-/m01/s1. The van der Waals surface area contributed by atoms with E-state index in [-0.39, 0.29) is 84.8 Å². The molecule has 0 spiro atoms. The number of β-amino-alcohol motifs (C(OH)–C–C–N with tert-alkyl or cyclic N) is 2. The number of ether oxygens (including phenoxy) is 4. The number of anilines is 2. The number of aromatic nitrogens is 8. The van der Waals surface area contributed by atoms with Crippen LogP contribution in [0.5, 0.6) is 23.0 Å². The number of hydrogen-bond donors (Lipinski definition) is 2. The van der Waals surface area contributed by atoms with Crippen molar-refractivity contribution in [2.45, 2.75) is 73.7 Å². The summed E-state index contributed by atoms with van der Waals surface area (Å²) in [7, 11) is -1.96. The van der Waals surface area contributed by atoms with Gasteiger partial charge in [0, 0.05) is 25.0 Å². The van der Waals surface area contributed by atoms with Gasteiger partial charge in [0.25, 0.3) is 0 Å². The summed E-state index contributed by atoms with van der Waals surface area (Å²) in [5.41, 5.74) is 1.48. The molecule has 2 fully saturated rings. The van der Waals surface area contributed by atoms with Gasteiger partial charge in [-0.1, -0.05) is 12.1 Å². The molecule has 28 heteroatoms. The van der Waals surface area contributed by atoms with Gasteiger partial charge in [0.2, 0.25) is 23.5 Å². The topological polar surface area (TPSA) is 300 Å². The number of para-hydroxylation sites is 2. The summed E-state index contributed by atoms with van der Waals surface area (Å²) in [6.07, 6.45) is 2.61. The lowest BCUT2D eigenvalue weighted by atomic mass is 10.2. The zero-order chi connectivity index (χ0) is 58.6. The molecular weight excluding hydrogens is 1110 g/mol. The average Bonchev–Trinajstić information content (AvgIpc) is 4.53. The van der Waals surface area contributed by atoms with Crippen LogP contribution in [0.1, 0.15) is 49.7 Å². The van der Waals surface area contributed by atoms with Gasteiger partial charge in [-0.3, -0.25) is 28.7 Å². The SMILES string of the molecule is COc1cccc(OC)c1-n1c(CS(=O)(=O)[C@@H](C)Cc2ncc(F)cc2N2C[C@H](O)CC2=O)nnc1-c1ccco1.COc1cccc(OC)c1-n1c(CS(=O)(=O)[C@H](C)Cc2ncc(F)cc2N2C[C@H](O)CC2=O)nnc1-c1ccco1. The van der Waals surface area contributed by atoms with Gasteiger partial charge in [-0.2, -0.15) is 0 Å².